The fraction of sp³-hybridized carbons (Fsp3) is 0.857. The number of hydrogen-bond acceptors (Lipinski definition) is 1. The highest BCUT2D eigenvalue weighted by molar-refractivity contribution is 6.18. The van der Waals surface area contributed by atoms with E-state index in [-0.39, 0.29) is 0 Å². The van der Waals surface area contributed by atoms with Crippen molar-refractivity contribution < 1.29 is 0 Å². The number of hydrogen-bond donors (Lipinski definition) is 0. The minimum Gasteiger partial charge on any atom is -0.302 e. The molecule has 0 fully saturated rings. The number of nitrogens with zero attached hydrogens (tertiary/aromatic N) is 1. The smallest absolute Gasteiger partial charge is 0.0351 e. The van der Waals surface area contributed by atoms with E-state index in [0.717, 1.165) is 25.5 Å². The Balaban J connectivity index is 4.11. The van der Waals surface area contributed by atoms with Crippen molar-refractivity contribution in [2.75, 3.05) is 25.5 Å². The maximum absolute atomic E-state index is 5.79. The van der Waals surface area contributed by atoms with Crippen LogP contribution in [0.2, 0.25) is 0 Å². The normalized spacial score (nSPS) is 15.9. The molecule has 0 aliphatic heterocycles. The van der Waals surface area contributed by atoms with E-state index in [9.17, 15) is 0 Å². The van der Waals surface area contributed by atoms with Crippen LogP contribution in [-0.4, -0.2) is 30.4 Å². The zero-order valence-corrected chi connectivity index (χ0v) is 12.1. The van der Waals surface area contributed by atoms with Gasteiger partial charge in [0.25, 0.3) is 0 Å². The van der Waals surface area contributed by atoms with E-state index in [4.69, 9.17) is 11.6 Å². The molecule has 0 amide bonds. The Labute approximate surface area is 107 Å². The predicted molar refractivity (Wildman–Crippen MR) is 75.2 cm³/mol. The fourth-order valence-corrected chi connectivity index (χ4v) is 1.88. The summed E-state index contributed by atoms with van der Waals surface area (Å²) < 4.78 is 0. The standard InChI is InChI=1S/C14H28ClN/c1-5-13(4)8-9-14(6-2)12-16(7-3)11-10-15/h8-9,13-14H,5-7,10-12H2,1-4H3/b9-8-/t13?,14-/m1/s1. The second-order valence-electron chi connectivity index (χ2n) is 4.52. The number of allylic oxidation sites excluding steroid dienone is 1. The molecule has 2 atom stereocenters. The molecule has 0 radical (unpaired) electrons. The van der Waals surface area contributed by atoms with E-state index >= 15 is 0 Å². The zero-order valence-electron chi connectivity index (χ0n) is 11.4. The highest BCUT2D eigenvalue weighted by Gasteiger charge is 2.08. The highest BCUT2D eigenvalue weighted by Crippen LogP contribution is 2.11. The summed E-state index contributed by atoms with van der Waals surface area (Å²) in [6.07, 6.45) is 7.20. The summed E-state index contributed by atoms with van der Waals surface area (Å²) in [4.78, 5) is 2.43. The van der Waals surface area contributed by atoms with Crippen LogP contribution in [0.1, 0.15) is 40.5 Å². The molecule has 0 heterocycles. The average Bonchev–Trinajstić information content (AvgIpc) is 2.32. The second kappa shape index (κ2) is 10.2. The Morgan fingerprint density at radius 1 is 1.12 bits per heavy atom. The van der Waals surface area contributed by atoms with Crippen molar-refractivity contribution in [1.29, 1.82) is 0 Å². The molecule has 0 saturated carbocycles. The first-order chi connectivity index (χ1) is 7.67. The van der Waals surface area contributed by atoms with Gasteiger partial charge in [0.05, 0.1) is 0 Å². The molecule has 0 aliphatic carbocycles. The lowest BCUT2D eigenvalue weighted by molar-refractivity contribution is 0.271. The molecule has 16 heavy (non-hydrogen) atoms. The monoisotopic (exact) mass is 245 g/mol. The van der Waals surface area contributed by atoms with Crippen molar-refractivity contribution in [2.45, 2.75) is 40.5 Å². The topological polar surface area (TPSA) is 3.24 Å². The summed E-state index contributed by atoms with van der Waals surface area (Å²) in [5, 5.41) is 0. The molecule has 0 aromatic heterocycles. The van der Waals surface area contributed by atoms with Gasteiger partial charge in [-0.15, -0.1) is 11.6 Å². The molecule has 0 spiro atoms. The molecule has 0 aliphatic rings. The molecule has 1 unspecified atom stereocenters. The first-order valence-electron chi connectivity index (χ1n) is 6.64. The Morgan fingerprint density at radius 3 is 2.25 bits per heavy atom. The lowest BCUT2D eigenvalue weighted by Gasteiger charge is -2.23. The summed E-state index contributed by atoms with van der Waals surface area (Å²) in [6.45, 7) is 12.2. The maximum atomic E-state index is 5.79. The van der Waals surface area contributed by atoms with Crippen molar-refractivity contribution in [3.8, 4) is 0 Å². The zero-order chi connectivity index (χ0) is 12.4. The molecular formula is C14H28ClN. The third kappa shape index (κ3) is 7.29. The third-order valence-corrected chi connectivity index (χ3v) is 3.39. The summed E-state index contributed by atoms with van der Waals surface area (Å²) in [5.41, 5.74) is 0. The largest absolute Gasteiger partial charge is 0.302 e. The summed E-state index contributed by atoms with van der Waals surface area (Å²) in [5.74, 6) is 2.12. The van der Waals surface area contributed by atoms with Crippen LogP contribution in [-0.2, 0) is 0 Å². The number of halogens is 1. The molecule has 0 rings (SSSR count). The van der Waals surface area contributed by atoms with E-state index in [1.54, 1.807) is 0 Å². The molecular weight excluding hydrogens is 218 g/mol. The van der Waals surface area contributed by atoms with Crippen molar-refractivity contribution >= 4 is 11.6 Å². The number of alkyl halides is 1. The lowest BCUT2D eigenvalue weighted by atomic mass is 10.0. The van der Waals surface area contributed by atoms with E-state index < -0.39 is 0 Å². The van der Waals surface area contributed by atoms with Crippen LogP contribution in [0.25, 0.3) is 0 Å². The SMILES string of the molecule is CCC(C)/C=C\[C@@H](CC)CN(CC)CCCl. The van der Waals surface area contributed by atoms with Crippen LogP contribution in [0.4, 0.5) is 0 Å². The van der Waals surface area contributed by atoms with Gasteiger partial charge in [0.15, 0.2) is 0 Å². The first-order valence-corrected chi connectivity index (χ1v) is 7.17. The van der Waals surface area contributed by atoms with Crippen LogP contribution in [0.5, 0.6) is 0 Å². The maximum Gasteiger partial charge on any atom is 0.0351 e. The molecule has 0 bridgehead atoms. The second-order valence-corrected chi connectivity index (χ2v) is 4.90. The van der Waals surface area contributed by atoms with Crippen LogP contribution in [0.3, 0.4) is 0 Å². The van der Waals surface area contributed by atoms with Gasteiger partial charge in [0.1, 0.15) is 0 Å². The van der Waals surface area contributed by atoms with Crippen molar-refractivity contribution in [1.82, 2.24) is 4.90 Å². The number of rotatable bonds is 9. The Hall–Kier alpha value is -0.0100. The molecule has 1 nitrogen and oxygen atoms in total. The lowest BCUT2D eigenvalue weighted by Crippen LogP contribution is -2.30. The van der Waals surface area contributed by atoms with Gasteiger partial charge in [-0.1, -0.05) is 46.3 Å². The molecule has 0 aromatic carbocycles. The van der Waals surface area contributed by atoms with Gasteiger partial charge in [0, 0.05) is 19.0 Å². The molecule has 0 N–H and O–H groups in total. The van der Waals surface area contributed by atoms with Crippen molar-refractivity contribution in [2.24, 2.45) is 11.8 Å². The van der Waals surface area contributed by atoms with E-state index in [1.807, 2.05) is 0 Å². The van der Waals surface area contributed by atoms with Gasteiger partial charge >= 0.3 is 0 Å². The van der Waals surface area contributed by atoms with Gasteiger partial charge < -0.3 is 4.90 Å². The van der Waals surface area contributed by atoms with Gasteiger partial charge in [0.2, 0.25) is 0 Å². The van der Waals surface area contributed by atoms with E-state index in [0.29, 0.717) is 11.8 Å². The minimum absolute atomic E-state index is 0.678. The Kier molecular flexibility index (Phi) is 10.2. The van der Waals surface area contributed by atoms with Gasteiger partial charge in [-0.05, 0) is 24.8 Å². The van der Waals surface area contributed by atoms with Gasteiger partial charge in [-0.2, -0.15) is 0 Å². The van der Waals surface area contributed by atoms with Crippen LogP contribution in [0, 0.1) is 11.8 Å². The Bertz CT molecular complexity index is 180. The van der Waals surface area contributed by atoms with Gasteiger partial charge in [-0.3, -0.25) is 0 Å². The first kappa shape index (κ1) is 16.0. The van der Waals surface area contributed by atoms with E-state index in [1.165, 1.54) is 12.8 Å². The van der Waals surface area contributed by atoms with Crippen LogP contribution >= 0.6 is 11.6 Å². The summed E-state index contributed by atoms with van der Waals surface area (Å²) in [6, 6.07) is 0. The minimum atomic E-state index is 0.678. The van der Waals surface area contributed by atoms with Crippen LogP contribution in [0.15, 0.2) is 12.2 Å². The molecule has 0 saturated heterocycles. The summed E-state index contributed by atoms with van der Waals surface area (Å²) in [7, 11) is 0. The summed E-state index contributed by atoms with van der Waals surface area (Å²) >= 11 is 5.79. The highest BCUT2D eigenvalue weighted by atomic mass is 35.5. The van der Waals surface area contributed by atoms with Gasteiger partial charge in [-0.25, -0.2) is 0 Å². The average molecular weight is 246 g/mol. The van der Waals surface area contributed by atoms with Crippen LogP contribution < -0.4 is 0 Å². The molecule has 96 valence electrons. The molecule has 2 heteroatoms. The third-order valence-electron chi connectivity index (χ3n) is 3.22. The van der Waals surface area contributed by atoms with Crippen molar-refractivity contribution in [3.63, 3.8) is 0 Å². The fourth-order valence-electron chi connectivity index (χ4n) is 1.64. The molecule has 0 aromatic rings. The quantitative estimate of drug-likeness (QED) is 0.435. The Morgan fingerprint density at radius 2 is 1.81 bits per heavy atom. The van der Waals surface area contributed by atoms with Crippen molar-refractivity contribution in [3.05, 3.63) is 12.2 Å². The van der Waals surface area contributed by atoms with E-state index in [2.05, 4.69) is 44.7 Å². The predicted octanol–water partition coefficient (Wildman–Crippen LogP) is 4.18.